The van der Waals surface area contributed by atoms with Gasteiger partial charge in [-0.15, -0.1) is 6.58 Å². The van der Waals surface area contributed by atoms with Crippen molar-refractivity contribution in [3.63, 3.8) is 0 Å². The van der Waals surface area contributed by atoms with Gasteiger partial charge in [-0.3, -0.25) is 9.69 Å². The van der Waals surface area contributed by atoms with E-state index in [1.165, 1.54) is 12.8 Å². The third-order valence-electron chi connectivity index (χ3n) is 5.36. The molecule has 1 heterocycles. The fourth-order valence-electron chi connectivity index (χ4n) is 3.68. The van der Waals surface area contributed by atoms with Crippen molar-refractivity contribution < 1.29 is 14.3 Å². The molecule has 0 saturated carbocycles. The van der Waals surface area contributed by atoms with E-state index in [-0.39, 0.29) is 5.91 Å². The van der Waals surface area contributed by atoms with E-state index in [0.29, 0.717) is 40.3 Å². The van der Waals surface area contributed by atoms with E-state index in [0.717, 1.165) is 25.2 Å². The number of rotatable bonds is 10. The van der Waals surface area contributed by atoms with Crippen LogP contribution < -0.4 is 14.8 Å². The van der Waals surface area contributed by atoms with Crippen molar-refractivity contribution in [3.8, 4) is 11.5 Å². The van der Waals surface area contributed by atoms with Crippen molar-refractivity contribution in [2.45, 2.75) is 25.2 Å². The SMILES string of the molecule is C=CCC(C(=O)Nc1ccc(OC)c(OCCN2CCCC2)c1)c1ccc(Cl)c(Cl)c1. The summed E-state index contributed by atoms with van der Waals surface area (Å²) in [5.41, 5.74) is 1.42. The summed E-state index contributed by atoms with van der Waals surface area (Å²) in [5, 5.41) is 3.84. The molecule has 1 aliphatic heterocycles. The number of hydrogen-bond acceptors (Lipinski definition) is 4. The van der Waals surface area contributed by atoms with Gasteiger partial charge in [-0.1, -0.05) is 35.3 Å². The van der Waals surface area contributed by atoms with Gasteiger partial charge in [0.05, 0.1) is 23.1 Å². The third-order valence-corrected chi connectivity index (χ3v) is 6.10. The standard InChI is InChI=1S/C24H28Cl2N2O3/c1-3-6-19(17-7-9-20(25)21(26)15-17)24(29)27-18-8-10-22(30-2)23(16-18)31-14-13-28-11-4-5-12-28/h3,7-10,15-16,19H,1,4-6,11-14H2,2H3,(H,27,29). The molecular formula is C24H28Cl2N2O3. The van der Waals surface area contributed by atoms with E-state index in [1.54, 1.807) is 43.5 Å². The number of methoxy groups -OCH3 is 1. The molecule has 1 unspecified atom stereocenters. The molecular weight excluding hydrogens is 435 g/mol. The predicted molar refractivity (Wildman–Crippen MR) is 127 cm³/mol. The number of ether oxygens (including phenoxy) is 2. The number of allylic oxidation sites excluding steroid dienone is 1. The summed E-state index contributed by atoms with van der Waals surface area (Å²) in [5.74, 6) is 0.640. The molecule has 1 amide bonds. The quantitative estimate of drug-likeness (QED) is 0.454. The second kappa shape index (κ2) is 11.4. The highest BCUT2D eigenvalue weighted by atomic mass is 35.5. The topological polar surface area (TPSA) is 50.8 Å². The Balaban J connectivity index is 1.70. The lowest BCUT2D eigenvalue weighted by molar-refractivity contribution is -0.117. The normalized spacial score (nSPS) is 14.8. The highest BCUT2D eigenvalue weighted by Gasteiger charge is 2.21. The molecule has 1 N–H and O–H groups in total. The summed E-state index contributed by atoms with van der Waals surface area (Å²) in [6.07, 6.45) is 4.68. The number of nitrogens with one attached hydrogen (secondary N) is 1. The number of nitrogens with zero attached hydrogens (tertiary/aromatic N) is 1. The van der Waals surface area contributed by atoms with Gasteiger partial charge in [-0.25, -0.2) is 0 Å². The summed E-state index contributed by atoms with van der Waals surface area (Å²) in [6.45, 7) is 7.46. The Hall–Kier alpha value is -2.21. The maximum Gasteiger partial charge on any atom is 0.232 e. The fraction of sp³-hybridized carbons (Fsp3) is 0.375. The molecule has 2 aromatic carbocycles. The third kappa shape index (κ3) is 6.39. The molecule has 7 heteroatoms. The molecule has 1 fully saturated rings. The van der Waals surface area contributed by atoms with Crippen LogP contribution in [0.3, 0.4) is 0 Å². The van der Waals surface area contributed by atoms with Crippen molar-refractivity contribution in [1.82, 2.24) is 4.90 Å². The lowest BCUT2D eigenvalue weighted by Crippen LogP contribution is -2.25. The van der Waals surface area contributed by atoms with E-state index in [1.807, 2.05) is 6.07 Å². The fourth-order valence-corrected chi connectivity index (χ4v) is 3.98. The Morgan fingerprint density at radius 1 is 1.16 bits per heavy atom. The monoisotopic (exact) mass is 462 g/mol. The zero-order valence-electron chi connectivity index (χ0n) is 17.7. The molecule has 1 aliphatic rings. The molecule has 166 valence electrons. The van der Waals surface area contributed by atoms with Crippen LogP contribution in [0.15, 0.2) is 49.1 Å². The minimum atomic E-state index is -0.436. The van der Waals surface area contributed by atoms with Gasteiger partial charge >= 0.3 is 0 Å². The Morgan fingerprint density at radius 2 is 1.94 bits per heavy atom. The van der Waals surface area contributed by atoms with Crippen LogP contribution in [0.1, 0.15) is 30.7 Å². The molecule has 1 atom stereocenters. The maximum absolute atomic E-state index is 13.0. The summed E-state index contributed by atoms with van der Waals surface area (Å²) in [7, 11) is 1.60. The van der Waals surface area contributed by atoms with Crippen molar-refractivity contribution in [2.24, 2.45) is 0 Å². The summed E-state index contributed by atoms with van der Waals surface area (Å²) in [6, 6.07) is 10.6. The minimum Gasteiger partial charge on any atom is -0.493 e. The van der Waals surface area contributed by atoms with Crippen molar-refractivity contribution in [3.05, 3.63) is 64.7 Å². The highest BCUT2D eigenvalue weighted by Crippen LogP contribution is 2.32. The van der Waals surface area contributed by atoms with Gasteiger partial charge in [0.15, 0.2) is 11.5 Å². The number of halogens is 2. The number of amides is 1. The van der Waals surface area contributed by atoms with E-state index in [2.05, 4.69) is 16.8 Å². The molecule has 0 radical (unpaired) electrons. The Bertz CT molecular complexity index is 914. The van der Waals surface area contributed by atoms with Crippen molar-refractivity contribution >= 4 is 34.8 Å². The van der Waals surface area contributed by atoms with E-state index in [9.17, 15) is 4.79 Å². The minimum absolute atomic E-state index is 0.161. The number of hydrogen-bond donors (Lipinski definition) is 1. The van der Waals surface area contributed by atoms with Crippen LogP contribution in [0.2, 0.25) is 10.0 Å². The number of benzene rings is 2. The molecule has 5 nitrogen and oxygen atoms in total. The molecule has 0 spiro atoms. The first kappa shape index (κ1) is 23.5. The number of carbonyl (C=O) groups is 1. The second-order valence-electron chi connectivity index (χ2n) is 7.50. The molecule has 2 aromatic rings. The highest BCUT2D eigenvalue weighted by molar-refractivity contribution is 6.42. The number of carbonyl (C=O) groups excluding carboxylic acids is 1. The summed E-state index contributed by atoms with van der Waals surface area (Å²) in [4.78, 5) is 15.4. The average molecular weight is 463 g/mol. The lowest BCUT2D eigenvalue weighted by atomic mass is 9.94. The van der Waals surface area contributed by atoms with Gasteiger partial charge in [0.1, 0.15) is 6.61 Å². The van der Waals surface area contributed by atoms with E-state index in [4.69, 9.17) is 32.7 Å². The van der Waals surface area contributed by atoms with Crippen LogP contribution >= 0.6 is 23.2 Å². The van der Waals surface area contributed by atoms with Gasteiger partial charge in [0.2, 0.25) is 5.91 Å². The molecule has 31 heavy (non-hydrogen) atoms. The largest absolute Gasteiger partial charge is 0.493 e. The number of likely N-dealkylation sites (tertiary alicyclic amines) is 1. The Labute approximate surface area is 193 Å². The average Bonchev–Trinajstić information content (AvgIpc) is 3.28. The summed E-state index contributed by atoms with van der Waals surface area (Å²) >= 11 is 12.2. The second-order valence-corrected chi connectivity index (χ2v) is 8.32. The van der Waals surface area contributed by atoms with Gasteiger partial charge < -0.3 is 14.8 Å². The number of anilines is 1. The molecule has 1 saturated heterocycles. The molecule has 0 aliphatic carbocycles. The van der Waals surface area contributed by atoms with Gasteiger partial charge in [0, 0.05) is 18.3 Å². The Morgan fingerprint density at radius 3 is 2.61 bits per heavy atom. The smallest absolute Gasteiger partial charge is 0.232 e. The van der Waals surface area contributed by atoms with Gasteiger partial charge in [0.25, 0.3) is 0 Å². The Kier molecular flexibility index (Phi) is 8.64. The summed E-state index contributed by atoms with van der Waals surface area (Å²) < 4.78 is 11.4. The lowest BCUT2D eigenvalue weighted by Gasteiger charge is -2.18. The zero-order chi connectivity index (χ0) is 22.2. The van der Waals surface area contributed by atoms with Crippen molar-refractivity contribution in [2.75, 3.05) is 38.7 Å². The van der Waals surface area contributed by atoms with Gasteiger partial charge in [-0.05, 0) is 62.2 Å². The maximum atomic E-state index is 13.0. The van der Waals surface area contributed by atoms with E-state index < -0.39 is 5.92 Å². The van der Waals surface area contributed by atoms with E-state index >= 15 is 0 Å². The first-order valence-electron chi connectivity index (χ1n) is 10.4. The van der Waals surface area contributed by atoms with Crippen LogP contribution in [0.5, 0.6) is 11.5 Å². The van der Waals surface area contributed by atoms with Crippen molar-refractivity contribution in [1.29, 1.82) is 0 Å². The first-order chi connectivity index (χ1) is 15.0. The zero-order valence-corrected chi connectivity index (χ0v) is 19.2. The van der Waals surface area contributed by atoms with Crippen LogP contribution in [0.25, 0.3) is 0 Å². The molecule has 3 rings (SSSR count). The molecule has 0 bridgehead atoms. The van der Waals surface area contributed by atoms with Crippen LogP contribution in [-0.4, -0.2) is 44.2 Å². The van der Waals surface area contributed by atoms with Crippen LogP contribution in [0, 0.1) is 0 Å². The van der Waals surface area contributed by atoms with Crippen LogP contribution in [0.4, 0.5) is 5.69 Å². The predicted octanol–water partition coefficient (Wildman–Crippen LogP) is 5.78. The van der Waals surface area contributed by atoms with Gasteiger partial charge in [-0.2, -0.15) is 0 Å². The first-order valence-corrected chi connectivity index (χ1v) is 11.2. The molecule has 0 aromatic heterocycles. The van der Waals surface area contributed by atoms with Crippen LogP contribution in [-0.2, 0) is 4.79 Å².